The van der Waals surface area contributed by atoms with Gasteiger partial charge in [-0.2, -0.15) is 17.9 Å². The van der Waals surface area contributed by atoms with Gasteiger partial charge in [-0.15, -0.1) is 5.10 Å². The first-order valence-electron chi connectivity index (χ1n) is 7.46. The molecule has 9 heteroatoms. The van der Waals surface area contributed by atoms with Gasteiger partial charge in [-0.3, -0.25) is 0 Å². The molecule has 0 saturated carbocycles. The van der Waals surface area contributed by atoms with Gasteiger partial charge in [0.05, 0.1) is 18.4 Å². The summed E-state index contributed by atoms with van der Waals surface area (Å²) in [5.74, 6) is -1.96. The first-order chi connectivity index (χ1) is 12.3. The highest BCUT2D eigenvalue weighted by Crippen LogP contribution is 2.30. The number of esters is 1. The van der Waals surface area contributed by atoms with Crippen molar-refractivity contribution in [1.82, 2.24) is 20.2 Å². The van der Waals surface area contributed by atoms with Gasteiger partial charge < -0.3 is 4.74 Å². The molecule has 1 heterocycles. The van der Waals surface area contributed by atoms with Crippen LogP contribution in [0.4, 0.5) is 13.2 Å². The normalized spacial score (nSPS) is 11.4. The summed E-state index contributed by atoms with van der Waals surface area (Å²) in [4.78, 5) is 11.9. The Bertz CT molecular complexity index is 949. The van der Waals surface area contributed by atoms with Crippen LogP contribution in [0, 0.1) is 6.92 Å². The molecule has 3 aromatic rings. The molecule has 3 rings (SSSR count). The average Bonchev–Trinajstić information content (AvgIpc) is 3.11. The van der Waals surface area contributed by atoms with Crippen LogP contribution in [0.25, 0.3) is 16.8 Å². The lowest BCUT2D eigenvalue weighted by atomic mass is 10.0. The van der Waals surface area contributed by atoms with Crippen molar-refractivity contribution in [3.63, 3.8) is 0 Å². The van der Waals surface area contributed by atoms with Gasteiger partial charge in [-0.05, 0) is 46.7 Å². The van der Waals surface area contributed by atoms with Crippen LogP contribution >= 0.6 is 0 Å². The monoisotopic (exact) mass is 362 g/mol. The summed E-state index contributed by atoms with van der Waals surface area (Å²) in [6.45, 7) is 1.91. The number of halogens is 3. The fourth-order valence-electron chi connectivity index (χ4n) is 2.42. The van der Waals surface area contributed by atoms with Gasteiger partial charge in [0.25, 0.3) is 5.82 Å². The predicted molar refractivity (Wildman–Crippen MR) is 85.7 cm³/mol. The second kappa shape index (κ2) is 6.58. The van der Waals surface area contributed by atoms with Gasteiger partial charge in [0.2, 0.25) is 0 Å². The van der Waals surface area contributed by atoms with Crippen LogP contribution in [0.3, 0.4) is 0 Å². The molecule has 0 atom stereocenters. The molecule has 0 N–H and O–H groups in total. The Labute approximate surface area is 146 Å². The molecular formula is C17H13F3N4O2. The maximum atomic E-state index is 13.1. The third-order valence-corrected chi connectivity index (χ3v) is 3.69. The minimum Gasteiger partial charge on any atom is -0.465 e. The van der Waals surface area contributed by atoms with Gasteiger partial charge in [0.1, 0.15) is 0 Å². The van der Waals surface area contributed by atoms with E-state index in [2.05, 4.69) is 15.5 Å². The van der Waals surface area contributed by atoms with E-state index in [1.165, 1.54) is 25.3 Å². The lowest BCUT2D eigenvalue weighted by molar-refractivity contribution is -0.146. The van der Waals surface area contributed by atoms with Crippen molar-refractivity contribution in [1.29, 1.82) is 0 Å². The van der Waals surface area contributed by atoms with Crippen LogP contribution in [0.1, 0.15) is 21.7 Å². The van der Waals surface area contributed by atoms with Crippen LogP contribution in [0.15, 0.2) is 42.5 Å². The van der Waals surface area contributed by atoms with E-state index in [4.69, 9.17) is 4.74 Å². The van der Waals surface area contributed by atoms with Crippen molar-refractivity contribution in [2.75, 3.05) is 7.11 Å². The van der Waals surface area contributed by atoms with E-state index in [-0.39, 0.29) is 11.3 Å². The van der Waals surface area contributed by atoms with E-state index in [0.29, 0.717) is 10.2 Å². The smallest absolute Gasteiger partial charge is 0.453 e. The van der Waals surface area contributed by atoms with Crippen molar-refractivity contribution < 1.29 is 22.7 Å². The molecule has 0 radical (unpaired) electrons. The molecule has 0 fully saturated rings. The third kappa shape index (κ3) is 3.41. The Morgan fingerprint density at radius 2 is 1.77 bits per heavy atom. The summed E-state index contributed by atoms with van der Waals surface area (Å²) in [6.07, 6.45) is -4.74. The largest absolute Gasteiger partial charge is 0.465 e. The van der Waals surface area contributed by atoms with E-state index in [0.717, 1.165) is 11.1 Å². The summed E-state index contributed by atoms with van der Waals surface area (Å²) in [7, 11) is 1.19. The zero-order valence-electron chi connectivity index (χ0n) is 13.8. The van der Waals surface area contributed by atoms with E-state index >= 15 is 0 Å². The number of rotatable bonds is 3. The SMILES string of the molecule is COC(=O)c1cc(-c2ccc(C)cc2)cc(-n2nnnc2C(F)(F)F)c1. The van der Waals surface area contributed by atoms with Crippen molar-refractivity contribution >= 4 is 5.97 Å². The number of aromatic nitrogens is 4. The number of hydrogen-bond donors (Lipinski definition) is 0. The topological polar surface area (TPSA) is 69.9 Å². The molecular weight excluding hydrogens is 349 g/mol. The number of alkyl halides is 3. The maximum Gasteiger partial charge on any atom is 0.453 e. The Morgan fingerprint density at radius 3 is 2.38 bits per heavy atom. The Morgan fingerprint density at radius 1 is 1.08 bits per heavy atom. The van der Waals surface area contributed by atoms with Crippen molar-refractivity contribution in [3.8, 4) is 16.8 Å². The molecule has 0 spiro atoms. The molecule has 134 valence electrons. The second-order valence-electron chi connectivity index (χ2n) is 5.54. The molecule has 0 aliphatic rings. The number of ether oxygens (including phenoxy) is 1. The number of tetrazole rings is 1. The molecule has 0 aliphatic heterocycles. The molecule has 0 amide bonds. The highest BCUT2D eigenvalue weighted by Gasteiger charge is 2.38. The molecule has 6 nitrogen and oxygen atoms in total. The van der Waals surface area contributed by atoms with E-state index in [9.17, 15) is 18.0 Å². The Balaban J connectivity index is 2.20. The second-order valence-corrected chi connectivity index (χ2v) is 5.54. The lowest BCUT2D eigenvalue weighted by Crippen LogP contribution is -2.15. The lowest BCUT2D eigenvalue weighted by Gasteiger charge is -2.11. The summed E-state index contributed by atoms with van der Waals surface area (Å²) >= 11 is 0. The van der Waals surface area contributed by atoms with Crippen LogP contribution in [0.2, 0.25) is 0 Å². The predicted octanol–water partition coefficient (Wildman–Crippen LogP) is 3.44. The first-order valence-corrected chi connectivity index (χ1v) is 7.46. The highest BCUT2D eigenvalue weighted by atomic mass is 19.4. The van der Waals surface area contributed by atoms with Crippen LogP contribution < -0.4 is 0 Å². The number of carbonyl (C=O) groups excluding carboxylic acids is 1. The fourth-order valence-corrected chi connectivity index (χ4v) is 2.42. The molecule has 0 bridgehead atoms. The van der Waals surface area contributed by atoms with Crippen molar-refractivity contribution in [2.45, 2.75) is 13.1 Å². The number of hydrogen-bond acceptors (Lipinski definition) is 5. The molecule has 2 aromatic carbocycles. The number of aryl methyl sites for hydroxylation is 1. The fraction of sp³-hybridized carbons (Fsp3) is 0.176. The zero-order valence-corrected chi connectivity index (χ0v) is 13.8. The molecule has 0 unspecified atom stereocenters. The minimum absolute atomic E-state index is 0.000741. The molecule has 0 saturated heterocycles. The van der Waals surface area contributed by atoms with Crippen LogP contribution in [-0.4, -0.2) is 33.3 Å². The van der Waals surface area contributed by atoms with E-state index < -0.39 is 18.0 Å². The average molecular weight is 362 g/mol. The quantitative estimate of drug-likeness (QED) is 0.668. The summed E-state index contributed by atoms with van der Waals surface area (Å²) in [5.41, 5.74) is 2.37. The molecule has 1 aromatic heterocycles. The van der Waals surface area contributed by atoms with Gasteiger partial charge in [-0.1, -0.05) is 29.8 Å². The number of carbonyl (C=O) groups is 1. The number of nitrogens with zero attached hydrogens (tertiary/aromatic N) is 4. The number of methoxy groups -OCH3 is 1. The Hall–Kier alpha value is -3.23. The van der Waals surface area contributed by atoms with E-state index in [1.807, 2.05) is 19.1 Å². The Kier molecular flexibility index (Phi) is 4.45. The standard InChI is InChI=1S/C17H13F3N4O2/c1-10-3-5-11(6-4-10)12-7-13(15(25)26-2)9-14(8-12)24-16(17(18,19)20)21-22-23-24/h3-9H,1-2H3. The van der Waals surface area contributed by atoms with Gasteiger partial charge in [0, 0.05) is 0 Å². The van der Waals surface area contributed by atoms with Gasteiger partial charge in [-0.25, -0.2) is 4.79 Å². The third-order valence-electron chi connectivity index (χ3n) is 3.69. The van der Waals surface area contributed by atoms with Gasteiger partial charge >= 0.3 is 12.1 Å². The summed E-state index contributed by atoms with van der Waals surface area (Å²) in [5, 5.41) is 9.55. The summed E-state index contributed by atoms with van der Waals surface area (Å²) in [6, 6.07) is 11.6. The maximum absolute atomic E-state index is 13.1. The van der Waals surface area contributed by atoms with Gasteiger partial charge in [0.15, 0.2) is 0 Å². The summed E-state index contributed by atoms with van der Waals surface area (Å²) < 4.78 is 44.6. The first kappa shape index (κ1) is 17.6. The van der Waals surface area contributed by atoms with Crippen molar-refractivity contribution in [3.05, 3.63) is 59.4 Å². The molecule has 26 heavy (non-hydrogen) atoms. The molecule has 0 aliphatic carbocycles. The zero-order chi connectivity index (χ0) is 18.9. The highest BCUT2D eigenvalue weighted by molar-refractivity contribution is 5.92. The van der Waals surface area contributed by atoms with E-state index in [1.54, 1.807) is 12.1 Å². The minimum atomic E-state index is -4.74. The number of benzene rings is 2. The van der Waals surface area contributed by atoms with Crippen LogP contribution in [0.5, 0.6) is 0 Å². The van der Waals surface area contributed by atoms with Crippen LogP contribution in [-0.2, 0) is 10.9 Å². The van der Waals surface area contributed by atoms with Crippen molar-refractivity contribution in [2.24, 2.45) is 0 Å².